The molecule has 5 nitrogen and oxygen atoms in total. The second-order valence-corrected chi connectivity index (χ2v) is 7.56. The van der Waals surface area contributed by atoms with E-state index < -0.39 is 0 Å². The number of carbonyl (C=O) groups excluding carboxylic acids is 3. The zero-order chi connectivity index (χ0) is 20.0. The third-order valence-electron chi connectivity index (χ3n) is 5.89. The van der Waals surface area contributed by atoms with Crippen molar-refractivity contribution in [1.82, 2.24) is 9.80 Å². The van der Waals surface area contributed by atoms with Crippen LogP contribution in [0.5, 0.6) is 0 Å². The molecule has 3 aromatic carbocycles. The lowest BCUT2D eigenvalue weighted by molar-refractivity contribution is -0.132. The van der Waals surface area contributed by atoms with Crippen LogP contribution in [0.2, 0.25) is 0 Å². The lowest BCUT2D eigenvalue weighted by Crippen LogP contribution is -2.43. The monoisotopic (exact) mass is 384 g/mol. The van der Waals surface area contributed by atoms with E-state index in [2.05, 4.69) is 6.07 Å². The van der Waals surface area contributed by atoms with Crippen LogP contribution in [0.3, 0.4) is 0 Å². The second-order valence-electron chi connectivity index (χ2n) is 7.56. The molecule has 0 bridgehead atoms. The van der Waals surface area contributed by atoms with E-state index in [4.69, 9.17) is 0 Å². The van der Waals surface area contributed by atoms with Crippen LogP contribution in [-0.2, 0) is 17.8 Å². The summed E-state index contributed by atoms with van der Waals surface area (Å²) in [5.74, 6) is -0.677. The Hall–Kier alpha value is -3.47. The van der Waals surface area contributed by atoms with Crippen molar-refractivity contribution in [3.8, 4) is 0 Å². The quantitative estimate of drug-likeness (QED) is 0.650. The van der Waals surface area contributed by atoms with Crippen molar-refractivity contribution < 1.29 is 14.4 Å². The van der Waals surface area contributed by atoms with Gasteiger partial charge in [-0.1, -0.05) is 48.5 Å². The third-order valence-corrected chi connectivity index (χ3v) is 5.89. The Labute approximate surface area is 168 Å². The predicted octanol–water partition coefficient (Wildman–Crippen LogP) is 3.41. The van der Waals surface area contributed by atoms with Crippen molar-refractivity contribution in [2.75, 3.05) is 13.1 Å². The van der Waals surface area contributed by atoms with Gasteiger partial charge in [0.15, 0.2) is 0 Å². The molecular weight excluding hydrogens is 364 g/mol. The Kier molecular flexibility index (Phi) is 4.16. The molecule has 144 valence electrons. The molecule has 3 aromatic rings. The van der Waals surface area contributed by atoms with Gasteiger partial charge >= 0.3 is 0 Å². The Bertz CT molecular complexity index is 1120. The number of benzene rings is 3. The third kappa shape index (κ3) is 2.90. The molecule has 2 aliphatic rings. The molecule has 0 aromatic heterocycles. The van der Waals surface area contributed by atoms with Crippen molar-refractivity contribution in [1.29, 1.82) is 0 Å². The zero-order valence-electron chi connectivity index (χ0n) is 15.9. The van der Waals surface area contributed by atoms with E-state index in [1.54, 1.807) is 12.1 Å². The molecular formula is C24H20N2O3. The second kappa shape index (κ2) is 6.85. The molecule has 5 heteroatoms. The largest absolute Gasteiger partial charge is 0.338 e. The molecule has 0 fully saturated rings. The van der Waals surface area contributed by atoms with Gasteiger partial charge in [0.05, 0.1) is 0 Å². The highest BCUT2D eigenvalue weighted by Crippen LogP contribution is 2.30. The summed E-state index contributed by atoms with van der Waals surface area (Å²) in [6.07, 6.45) is 0.969. The SMILES string of the molecule is O=C(CCN1C(=O)c2cccc3cccc(c23)C1=O)N1CCc2ccccc2C1. The summed E-state index contributed by atoms with van der Waals surface area (Å²) in [4.78, 5) is 41.7. The Morgan fingerprint density at radius 1 is 0.828 bits per heavy atom. The number of carbonyl (C=O) groups is 3. The fourth-order valence-corrected chi connectivity index (χ4v) is 4.36. The van der Waals surface area contributed by atoms with E-state index in [0.717, 1.165) is 17.4 Å². The number of rotatable bonds is 3. The van der Waals surface area contributed by atoms with Crippen molar-refractivity contribution in [2.45, 2.75) is 19.4 Å². The summed E-state index contributed by atoms with van der Waals surface area (Å²) in [6, 6.07) is 19.1. The normalized spacial score (nSPS) is 15.6. The van der Waals surface area contributed by atoms with Crippen molar-refractivity contribution >= 4 is 28.5 Å². The van der Waals surface area contributed by atoms with Crippen LogP contribution in [-0.4, -0.2) is 40.6 Å². The molecule has 2 aliphatic heterocycles. The van der Waals surface area contributed by atoms with E-state index in [-0.39, 0.29) is 30.7 Å². The van der Waals surface area contributed by atoms with E-state index in [0.29, 0.717) is 29.6 Å². The fraction of sp³-hybridized carbons (Fsp3) is 0.208. The summed E-state index contributed by atoms with van der Waals surface area (Å²) >= 11 is 0. The Morgan fingerprint density at radius 3 is 2.17 bits per heavy atom. The van der Waals surface area contributed by atoms with Crippen LogP contribution < -0.4 is 0 Å². The molecule has 0 spiro atoms. The number of nitrogens with zero attached hydrogens (tertiary/aromatic N) is 2. The van der Waals surface area contributed by atoms with Crippen molar-refractivity contribution in [3.63, 3.8) is 0 Å². The van der Waals surface area contributed by atoms with Crippen LogP contribution in [0.15, 0.2) is 60.7 Å². The minimum absolute atomic E-state index is 0.0304. The first-order valence-electron chi connectivity index (χ1n) is 9.86. The summed E-state index contributed by atoms with van der Waals surface area (Å²) in [7, 11) is 0. The van der Waals surface area contributed by atoms with Gasteiger partial charge in [-0.3, -0.25) is 19.3 Å². The average Bonchev–Trinajstić information content (AvgIpc) is 2.76. The van der Waals surface area contributed by atoms with E-state index >= 15 is 0 Å². The summed E-state index contributed by atoms with van der Waals surface area (Å²) in [5, 5.41) is 1.59. The average molecular weight is 384 g/mol. The van der Waals surface area contributed by atoms with Crippen LogP contribution >= 0.6 is 0 Å². The van der Waals surface area contributed by atoms with Gasteiger partial charge in [-0.25, -0.2) is 0 Å². The highest BCUT2D eigenvalue weighted by molar-refractivity contribution is 6.25. The van der Waals surface area contributed by atoms with Gasteiger partial charge in [0.2, 0.25) is 5.91 Å². The first kappa shape index (κ1) is 17.6. The van der Waals surface area contributed by atoms with E-state index in [9.17, 15) is 14.4 Å². The van der Waals surface area contributed by atoms with Crippen LogP contribution in [0.1, 0.15) is 38.3 Å². The van der Waals surface area contributed by atoms with Crippen molar-refractivity contribution in [2.24, 2.45) is 0 Å². The van der Waals surface area contributed by atoms with Crippen LogP contribution in [0.25, 0.3) is 10.8 Å². The lowest BCUT2D eigenvalue weighted by atomic mass is 9.94. The number of hydrogen-bond donors (Lipinski definition) is 0. The lowest BCUT2D eigenvalue weighted by Gasteiger charge is -2.31. The maximum Gasteiger partial charge on any atom is 0.261 e. The molecule has 0 unspecified atom stereocenters. The fourth-order valence-electron chi connectivity index (χ4n) is 4.36. The molecule has 0 aliphatic carbocycles. The first-order valence-corrected chi connectivity index (χ1v) is 9.86. The predicted molar refractivity (Wildman–Crippen MR) is 109 cm³/mol. The molecule has 0 atom stereocenters. The van der Waals surface area contributed by atoms with Gasteiger partial charge in [-0.2, -0.15) is 0 Å². The number of fused-ring (bicyclic) bond motifs is 1. The van der Waals surface area contributed by atoms with E-state index in [1.807, 2.05) is 47.4 Å². The summed E-state index contributed by atoms with van der Waals surface area (Å²) in [6.45, 7) is 1.35. The topological polar surface area (TPSA) is 57.7 Å². The standard InChI is InChI=1S/C24H20N2O3/c27-21(25-13-11-16-5-1-2-6-18(16)15-25)12-14-26-23(28)19-9-3-7-17-8-4-10-20(22(17)19)24(26)29/h1-10H,11-15H2. The van der Waals surface area contributed by atoms with Gasteiger partial charge in [0.25, 0.3) is 11.8 Å². The maximum atomic E-state index is 12.9. The van der Waals surface area contributed by atoms with E-state index in [1.165, 1.54) is 10.5 Å². The highest BCUT2D eigenvalue weighted by atomic mass is 16.2. The van der Waals surface area contributed by atoms with Crippen LogP contribution in [0, 0.1) is 0 Å². The van der Waals surface area contributed by atoms with Gasteiger partial charge in [0.1, 0.15) is 0 Å². The Morgan fingerprint density at radius 2 is 1.48 bits per heavy atom. The van der Waals surface area contributed by atoms with Gasteiger partial charge < -0.3 is 4.90 Å². The van der Waals surface area contributed by atoms with Gasteiger partial charge in [-0.05, 0) is 35.1 Å². The first-order chi connectivity index (χ1) is 14.1. The highest BCUT2D eigenvalue weighted by Gasteiger charge is 2.33. The molecule has 0 N–H and O–H groups in total. The zero-order valence-corrected chi connectivity index (χ0v) is 15.9. The smallest absolute Gasteiger partial charge is 0.261 e. The van der Waals surface area contributed by atoms with Crippen LogP contribution in [0.4, 0.5) is 0 Å². The molecule has 2 heterocycles. The van der Waals surface area contributed by atoms with Gasteiger partial charge in [-0.15, -0.1) is 0 Å². The minimum atomic E-state index is -0.323. The summed E-state index contributed by atoms with van der Waals surface area (Å²) in [5.41, 5.74) is 3.49. The number of amides is 3. The van der Waals surface area contributed by atoms with Crippen molar-refractivity contribution in [3.05, 3.63) is 82.9 Å². The molecule has 29 heavy (non-hydrogen) atoms. The molecule has 5 rings (SSSR count). The number of hydrogen-bond acceptors (Lipinski definition) is 3. The summed E-state index contributed by atoms with van der Waals surface area (Å²) < 4.78 is 0. The molecule has 0 saturated heterocycles. The maximum absolute atomic E-state index is 12.9. The minimum Gasteiger partial charge on any atom is -0.338 e. The molecule has 0 saturated carbocycles. The molecule has 0 radical (unpaired) electrons. The number of imide groups is 1. The Balaban J connectivity index is 1.33. The van der Waals surface area contributed by atoms with Gasteiger partial charge in [0, 0.05) is 42.6 Å². The molecule has 3 amide bonds.